The zero-order valence-electron chi connectivity index (χ0n) is 17.9. The number of hydrogen-bond donors (Lipinski definition) is 3. The number of benzene rings is 1. The zero-order valence-corrected chi connectivity index (χ0v) is 17.9. The largest absolute Gasteiger partial charge is 0.357 e. The third-order valence-electron chi connectivity index (χ3n) is 4.59. The lowest BCUT2D eigenvalue weighted by atomic mass is 10.1. The Morgan fingerprint density at radius 2 is 1.96 bits per heavy atom. The summed E-state index contributed by atoms with van der Waals surface area (Å²) in [6.45, 7) is 14.5. The van der Waals surface area contributed by atoms with E-state index in [-0.39, 0.29) is 0 Å². The highest BCUT2D eigenvalue weighted by Gasteiger charge is 2.12. The second-order valence-electron chi connectivity index (χ2n) is 7.44. The molecule has 154 valence electrons. The standard InChI is InChI=1S/C21H35N7/c1-6-22-21(23-11-8-12-28(16(2)3)17(4)5)24-14-18-9-7-10-19(13-18)20-25-15-26-27-20/h7,9-10,13,15-17H,6,8,11-12,14H2,1-5H3,(H2,22,23,24)(H,25,26,27). The molecule has 0 spiro atoms. The van der Waals surface area contributed by atoms with Crippen molar-refractivity contribution >= 4 is 5.96 Å². The predicted molar refractivity (Wildman–Crippen MR) is 116 cm³/mol. The maximum absolute atomic E-state index is 4.73. The Morgan fingerprint density at radius 1 is 1.18 bits per heavy atom. The summed E-state index contributed by atoms with van der Waals surface area (Å²) >= 11 is 0. The quantitative estimate of drug-likeness (QED) is 0.333. The van der Waals surface area contributed by atoms with Crippen molar-refractivity contribution in [3.8, 4) is 11.4 Å². The summed E-state index contributed by atoms with van der Waals surface area (Å²) in [5.41, 5.74) is 2.16. The summed E-state index contributed by atoms with van der Waals surface area (Å²) < 4.78 is 0. The first kappa shape index (κ1) is 21.9. The van der Waals surface area contributed by atoms with E-state index in [0.29, 0.717) is 18.6 Å². The Kier molecular flexibility index (Phi) is 8.94. The second-order valence-corrected chi connectivity index (χ2v) is 7.44. The van der Waals surface area contributed by atoms with Crippen LogP contribution in [0.4, 0.5) is 0 Å². The van der Waals surface area contributed by atoms with Crippen LogP contribution in [0.25, 0.3) is 11.4 Å². The van der Waals surface area contributed by atoms with Gasteiger partial charge in [0.05, 0.1) is 6.54 Å². The van der Waals surface area contributed by atoms with Crippen LogP contribution < -0.4 is 10.6 Å². The van der Waals surface area contributed by atoms with Crippen LogP contribution in [0.1, 0.15) is 46.6 Å². The number of nitrogens with zero attached hydrogens (tertiary/aromatic N) is 4. The fourth-order valence-electron chi connectivity index (χ4n) is 3.25. The Labute approximate surface area is 169 Å². The fraction of sp³-hybridized carbons (Fsp3) is 0.571. The van der Waals surface area contributed by atoms with E-state index in [1.165, 1.54) is 6.33 Å². The minimum absolute atomic E-state index is 0.568. The Hall–Kier alpha value is -2.41. The SMILES string of the molecule is CCNC(=NCc1cccc(-c2ncn[nH]2)c1)NCCCN(C(C)C)C(C)C. The summed E-state index contributed by atoms with van der Waals surface area (Å²) in [5, 5.41) is 13.6. The first-order valence-corrected chi connectivity index (χ1v) is 10.2. The summed E-state index contributed by atoms with van der Waals surface area (Å²) in [4.78, 5) is 11.5. The molecule has 28 heavy (non-hydrogen) atoms. The average Bonchev–Trinajstić information content (AvgIpc) is 3.20. The molecular formula is C21H35N7. The van der Waals surface area contributed by atoms with Gasteiger partial charge in [-0.05, 0) is 52.7 Å². The van der Waals surface area contributed by atoms with Crippen molar-refractivity contribution in [3.63, 3.8) is 0 Å². The van der Waals surface area contributed by atoms with Gasteiger partial charge in [-0.2, -0.15) is 5.10 Å². The van der Waals surface area contributed by atoms with Gasteiger partial charge in [0.15, 0.2) is 11.8 Å². The van der Waals surface area contributed by atoms with Crippen molar-refractivity contribution in [2.75, 3.05) is 19.6 Å². The molecule has 0 saturated heterocycles. The van der Waals surface area contributed by atoms with E-state index in [9.17, 15) is 0 Å². The van der Waals surface area contributed by atoms with Crippen molar-refractivity contribution in [2.24, 2.45) is 4.99 Å². The molecule has 3 N–H and O–H groups in total. The van der Waals surface area contributed by atoms with Crippen LogP contribution in [0.5, 0.6) is 0 Å². The molecule has 1 aromatic carbocycles. The molecule has 7 heteroatoms. The van der Waals surface area contributed by atoms with Gasteiger partial charge in [0.1, 0.15) is 6.33 Å². The van der Waals surface area contributed by atoms with E-state index < -0.39 is 0 Å². The maximum atomic E-state index is 4.73. The van der Waals surface area contributed by atoms with Crippen LogP contribution >= 0.6 is 0 Å². The number of H-pyrrole nitrogens is 1. The second kappa shape index (κ2) is 11.4. The maximum Gasteiger partial charge on any atom is 0.191 e. The molecule has 0 atom stereocenters. The van der Waals surface area contributed by atoms with E-state index in [0.717, 1.165) is 49.0 Å². The third kappa shape index (κ3) is 6.96. The normalized spacial score (nSPS) is 12.2. The van der Waals surface area contributed by atoms with Crippen LogP contribution in [0.15, 0.2) is 35.6 Å². The van der Waals surface area contributed by atoms with Gasteiger partial charge in [0.25, 0.3) is 0 Å². The molecule has 0 fully saturated rings. The molecule has 2 rings (SSSR count). The minimum Gasteiger partial charge on any atom is -0.357 e. The number of aromatic amines is 1. The molecule has 0 aliphatic carbocycles. The lowest BCUT2D eigenvalue weighted by molar-refractivity contribution is 0.173. The van der Waals surface area contributed by atoms with E-state index in [4.69, 9.17) is 4.99 Å². The predicted octanol–water partition coefficient (Wildman–Crippen LogP) is 3.04. The first-order valence-electron chi connectivity index (χ1n) is 10.2. The van der Waals surface area contributed by atoms with Crippen molar-refractivity contribution in [1.82, 2.24) is 30.7 Å². The number of aromatic nitrogens is 3. The molecular weight excluding hydrogens is 350 g/mol. The number of hydrogen-bond acceptors (Lipinski definition) is 4. The van der Waals surface area contributed by atoms with Crippen molar-refractivity contribution in [3.05, 3.63) is 36.2 Å². The topological polar surface area (TPSA) is 81.2 Å². The highest BCUT2D eigenvalue weighted by Crippen LogP contribution is 2.15. The molecule has 2 aromatic rings. The molecule has 1 aromatic heterocycles. The first-order chi connectivity index (χ1) is 13.5. The molecule has 0 saturated carbocycles. The molecule has 0 amide bonds. The molecule has 0 aliphatic heterocycles. The highest BCUT2D eigenvalue weighted by atomic mass is 15.2. The van der Waals surface area contributed by atoms with Gasteiger partial charge in [-0.3, -0.25) is 10.00 Å². The molecule has 0 bridgehead atoms. The summed E-state index contributed by atoms with van der Waals surface area (Å²) in [5.74, 6) is 1.63. The zero-order chi connectivity index (χ0) is 20.4. The van der Waals surface area contributed by atoms with Crippen LogP contribution in [0, 0.1) is 0 Å². The van der Waals surface area contributed by atoms with Gasteiger partial charge < -0.3 is 10.6 Å². The van der Waals surface area contributed by atoms with Crippen molar-refractivity contribution in [2.45, 2.75) is 59.7 Å². The van der Waals surface area contributed by atoms with Gasteiger partial charge in [0, 0.05) is 37.3 Å². The third-order valence-corrected chi connectivity index (χ3v) is 4.59. The fourth-order valence-corrected chi connectivity index (χ4v) is 3.25. The lowest BCUT2D eigenvalue weighted by Crippen LogP contribution is -2.41. The Bertz CT molecular complexity index is 699. The lowest BCUT2D eigenvalue weighted by Gasteiger charge is -2.30. The van der Waals surface area contributed by atoms with Crippen LogP contribution in [0.2, 0.25) is 0 Å². The van der Waals surface area contributed by atoms with Crippen LogP contribution in [-0.2, 0) is 6.54 Å². The monoisotopic (exact) mass is 385 g/mol. The van der Waals surface area contributed by atoms with Gasteiger partial charge in [-0.15, -0.1) is 0 Å². The number of aliphatic imine (C=N–C) groups is 1. The van der Waals surface area contributed by atoms with E-state index in [1.807, 2.05) is 12.1 Å². The van der Waals surface area contributed by atoms with E-state index in [2.05, 4.69) is 77.5 Å². The van der Waals surface area contributed by atoms with E-state index >= 15 is 0 Å². The molecule has 0 aliphatic rings. The summed E-state index contributed by atoms with van der Waals surface area (Å²) in [6.07, 6.45) is 2.61. The van der Waals surface area contributed by atoms with Gasteiger partial charge in [-0.25, -0.2) is 9.98 Å². The molecule has 0 radical (unpaired) electrons. The number of guanidine groups is 1. The highest BCUT2D eigenvalue weighted by molar-refractivity contribution is 5.79. The summed E-state index contributed by atoms with van der Waals surface area (Å²) in [7, 11) is 0. The van der Waals surface area contributed by atoms with Gasteiger partial charge >= 0.3 is 0 Å². The smallest absolute Gasteiger partial charge is 0.191 e. The molecule has 1 heterocycles. The van der Waals surface area contributed by atoms with Crippen molar-refractivity contribution < 1.29 is 0 Å². The summed E-state index contributed by atoms with van der Waals surface area (Å²) in [6, 6.07) is 9.35. The van der Waals surface area contributed by atoms with Crippen LogP contribution in [0.3, 0.4) is 0 Å². The number of rotatable bonds is 10. The van der Waals surface area contributed by atoms with Crippen molar-refractivity contribution in [1.29, 1.82) is 0 Å². The van der Waals surface area contributed by atoms with E-state index in [1.54, 1.807) is 0 Å². The number of nitrogens with one attached hydrogen (secondary N) is 3. The average molecular weight is 386 g/mol. The minimum atomic E-state index is 0.568. The van der Waals surface area contributed by atoms with Crippen LogP contribution in [-0.4, -0.2) is 57.8 Å². The Balaban J connectivity index is 1.89. The van der Waals surface area contributed by atoms with Gasteiger partial charge in [-0.1, -0.05) is 18.2 Å². The molecule has 7 nitrogen and oxygen atoms in total. The Morgan fingerprint density at radius 3 is 2.61 bits per heavy atom. The molecule has 0 unspecified atom stereocenters. The van der Waals surface area contributed by atoms with Gasteiger partial charge in [0.2, 0.25) is 0 Å².